The van der Waals surface area contributed by atoms with Crippen LogP contribution >= 0.6 is 0 Å². The minimum atomic E-state index is 0.232. The van der Waals surface area contributed by atoms with E-state index in [1.807, 2.05) is 6.07 Å². The van der Waals surface area contributed by atoms with Gasteiger partial charge in [0.05, 0.1) is 11.7 Å². The molecule has 1 unspecified atom stereocenters. The van der Waals surface area contributed by atoms with Crippen molar-refractivity contribution in [3.63, 3.8) is 0 Å². The molecule has 0 radical (unpaired) electrons. The van der Waals surface area contributed by atoms with Crippen LogP contribution in [0.5, 0.6) is 5.88 Å². The topological polar surface area (TPSA) is 45.7 Å². The third kappa shape index (κ3) is 3.84. The quantitative estimate of drug-likeness (QED) is 0.817. The zero-order valence-corrected chi connectivity index (χ0v) is 16.2. The van der Waals surface area contributed by atoms with Crippen molar-refractivity contribution >= 4 is 5.91 Å². The fourth-order valence-electron chi connectivity index (χ4n) is 5.02. The number of nitrogens with zero attached hydrogens (tertiary/aromatic N) is 3. The van der Waals surface area contributed by atoms with Gasteiger partial charge in [-0.3, -0.25) is 4.79 Å². The maximum atomic E-state index is 12.4. The first kappa shape index (κ1) is 17.5. The van der Waals surface area contributed by atoms with Crippen molar-refractivity contribution < 1.29 is 9.53 Å². The van der Waals surface area contributed by atoms with Gasteiger partial charge >= 0.3 is 0 Å². The highest BCUT2D eigenvalue weighted by Gasteiger charge is 2.33. The highest BCUT2D eigenvalue weighted by Crippen LogP contribution is 2.36. The van der Waals surface area contributed by atoms with Gasteiger partial charge in [-0.1, -0.05) is 6.42 Å². The molecule has 0 bridgehead atoms. The number of ether oxygens (including phenoxy) is 1. The van der Waals surface area contributed by atoms with Crippen molar-refractivity contribution in [3.05, 3.63) is 23.4 Å². The number of piperidine rings is 1. The van der Waals surface area contributed by atoms with E-state index in [1.54, 1.807) is 0 Å². The normalized spacial score (nSPS) is 27.0. The summed E-state index contributed by atoms with van der Waals surface area (Å²) in [5.74, 6) is 2.07. The lowest BCUT2D eigenvalue weighted by Crippen LogP contribution is -2.40. The van der Waals surface area contributed by atoms with Crippen LogP contribution in [0.15, 0.2) is 12.1 Å². The molecule has 2 saturated heterocycles. The van der Waals surface area contributed by atoms with Crippen LogP contribution < -0.4 is 4.74 Å². The van der Waals surface area contributed by atoms with Crippen molar-refractivity contribution in [1.82, 2.24) is 14.8 Å². The molecule has 5 heteroatoms. The molecule has 3 fully saturated rings. The number of amides is 1. The SMILES string of the molecule is O=C1CCCCC2c3ccc(OC4CCN(CC5CC5)CC4)nc3CCN12. The second-order valence-electron chi connectivity index (χ2n) is 8.85. The Bertz CT molecular complexity index is 695. The summed E-state index contributed by atoms with van der Waals surface area (Å²) in [4.78, 5) is 21.9. The molecule has 0 spiro atoms. The molecule has 1 atom stereocenters. The maximum Gasteiger partial charge on any atom is 0.223 e. The van der Waals surface area contributed by atoms with Gasteiger partial charge in [-0.25, -0.2) is 4.98 Å². The van der Waals surface area contributed by atoms with Gasteiger partial charge in [-0.2, -0.15) is 0 Å². The van der Waals surface area contributed by atoms with Crippen LogP contribution in [0.1, 0.15) is 68.7 Å². The summed E-state index contributed by atoms with van der Waals surface area (Å²) in [6.45, 7) is 4.42. The number of aromatic nitrogens is 1. The van der Waals surface area contributed by atoms with Crippen LogP contribution in [0, 0.1) is 5.92 Å². The van der Waals surface area contributed by atoms with E-state index in [9.17, 15) is 4.79 Å². The van der Waals surface area contributed by atoms with Gasteiger partial charge in [0.15, 0.2) is 0 Å². The Labute approximate surface area is 162 Å². The average molecular weight is 370 g/mol. The van der Waals surface area contributed by atoms with E-state index in [1.165, 1.54) is 24.9 Å². The minimum Gasteiger partial charge on any atom is -0.474 e. The summed E-state index contributed by atoms with van der Waals surface area (Å²) < 4.78 is 6.25. The van der Waals surface area contributed by atoms with E-state index >= 15 is 0 Å². The van der Waals surface area contributed by atoms with Crippen LogP contribution in [0.4, 0.5) is 0 Å². The Hall–Kier alpha value is -1.62. The van der Waals surface area contributed by atoms with Crippen molar-refractivity contribution in [3.8, 4) is 5.88 Å². The van der Waals surface area contributed by atoms with E-state index in [0.717, 1.165) is 75.7 Å². The summed E-state index contributed by atoms with van der Waals surface area (Å²) in [5.41, 5.74) is 2.40. The van der Waals surface area contributed by atoms with E-state index in [-0.39, 0.29) is 6.04 Å². The number of likely N-dealkylation sites (tertiary alicyclic amines) is 1. The number of carbonyl (C=O) groups excluding carboxylic acids is 1. The molecule has 27 heavy (non-hydrogen) atoms. The molecule has 4 aliphatic rings. The molecule has 1 saturated carbocycles. The van der Waals surface area contributed by atoms with Gasteiger partial charge in [0.1, 0.15) is 6.10 Å². The van der Waals surface area contributed by atoms with E-state index in [2.05, 4.69) is 15.9 Å². The van der Waals surface area contributed by atoms with Crippen LogP contribution in [-0.2, 0) is 11.2 Å². The molecule has 1 aromatic rings. The second-order valence-corrected chi connectivity index (χ2v) is 8.85. The van der Waals surface area contributed by atoms with E-state index in [4.69, 9.17) is 9.72 Å². The molecule has 0 N–H and O–H groups in total. The Kier molecular flexibility index (Phi) is 4.80. The molecule has 5 rings (SSSR count). The smallest absolute Gasteiger partial charge is 0.223 e. The maximum absolute atomic E-state index is 12.4. The average Bonchev–Trinajstić information content (AvgIpc) is 3.51. The molecule has 1 aliphatic carbocycles. The summed E-state index contributed by atoms with van der Waals surface area (Å²) in [5, 5.41) is 0. The molecular formula is C22H31N3O2. The van der Waals surface area contributed by atoms with Gasteiger partial charge in [0.25, 0.3) is 0 Å². The van der Waals surface area contributed by atoms with Crippen molar-refractivity contribution in [2.75, 3.05) is 26.2 Å². The summed E-state index contributed by atoms with van der Waals surface area (Å²) in [6, 6.07) is 4.44. The van der Waals surface area contributed by atoms with Gasteiger partial charge in [-0.15, -0.1) is 0 Å². The number of rotatable bonds is 4. The highest BCUT2D eigenvalue weighted by molar-refractivity contribution is 5.77. The lowest BCUT2D eigenvalue weighted by molar-refractivity contribution is -0.133. The standard InChI is InChI=1S/C22H31N3O2/c26-22-4-2-1-3-20-18-7-8-21(23-19(18)11-14-25(20)22)27-17-9-12-24(13-10-17)15-16-5-6-16/h7-8,16-17,20H,1-6,9-15H2. The fourth-order valence-corrected chi connectivity index (χ4v) is 5.02. The Morgan fingerprint density at radius 1 is 1.00 bits per heavy atom. The van der Waals surface area contributed by atoms with Crippen molar-refractivity contribution in [1.29, 1.82) is 0 Å². The summed E-state index contributed by atoms with van der Waals surface area (Å²) in [6.07, 6.45) is 10.2. The highest BCUT2D eigenvalue weighted by atomic mass is 16.5. The first-order valence-corrected chi connectivity index (χ1v) is 10.9. The zero-order valence-electron chi connectivity index (χ0n) is 16.2. The van der Waals surface area contributed by atoms with Crippen LogP contribution in [0.2, 0.25) is 0 Å². The predicted molar refractivity (Wildman–Crippen MR) is 104 cm³/mol. The number of fused-ring (bicyclic) bond motifs is 3. The van der Waals surface area contributed by atoms with Crippen molar-refractivity contribution in [2.24, 2.45) is 5.92 Å². The van der Waals surface area contributed by atoms with E-state index in [0.29, 0.717) is 18.4 Å². The zero-order chi connectivity index (χ0) is 18.2. The lowest BCUT2D eigenvalue weighted by atomic mass is 9.94. The number of hydrogen-bond acceptors (Lipinski definition) is 4. The minimum absolute atomic E-state index is 0.232. The Morgan fingerprint density at radius 3 is 2.67 bits per heavy atom. The lowest BCUT2D eigenvalue weighted by Gasteiger charge is -2.36. The largest absolute Gasteiger partial charge is 0.474 e. The summed E-state index contributed by atoms with van der Waals surface area (Å²) in [7, 11) is 0. The Balaban J connectivity index is 1.23. The van der Waals surface area contributed by atoms with Gasteiger partial charge in [0, 0.05) is 45.1 Å². The second kappa shape index (κ2) is 7.42. The van der Waals surface area contributed by atoms with Gasteiger partial charge < -0.3 is 14.5 Å². The summed E-state index contributed by atoms with van der Waals surface area (Å²) >= 11 is 0. The first-order chi connectivity index (χ1) is 13.3. The number of pyridine rings is 1. The van der Waals surface area contributed by atoms with Gasteiger partial charge in [-0.05, 0) is 56.1 Å². The molecule has 5 nitrogen and oxygen atoms in total. The van der Waals surface area contributed by atoms with Crippen molar-refractivity contribution in [2.45, 2.75) is 69.9 Å². The molecule has 4 heterocycles. The number of carbonyl (C=O) groups is 1. The molecule has 3 aliphatic heterocycles. The first-order valence-electron chi connectivity index (χ1n) is 10.9. The monoisotopic (exact) mass is 369 g/mol. The third-order valence-electron chi connectivity index (χ3n) is 6.78. The third-order valence-corrected chi connectivity index (χ3v) is 6.78. The van der Waals surface area contributed by atoms with Crippen LogP contribution in [-0.4, -0.2) is 53.0 Å². The molecular weight excluding hydrogens is 338 g/mol. The van der Waals surface area contributed by atoms with Crippen LogP contribution in [0.3, 0.4) is 0 Å². The predicted octanol–water partition coefficient (Wildman–Crippen LogP) is 3.33. The molecule has 146 valence electrons. The molecule has 0 aromatic carbocycles. The Morgan fingerprint density at radius 2 is 1.85 bits per heavy atom. The molecule has 1 amide bonds. The molecule has 1 aromatic heterocycles. The van der Waals surface area contributed by atoms with Gasteiger partial charge in [0.2, 0.25) is 11.8 Å². The fraction of sp³-hybridized carbons (Fsp3) is 0.727. The number of hydrogen-bond donors (Lipinski definition) is 0. The van der Waals surface area contributed by atoms with Crippen LogP contribution in [0.25, 0.3) is 0 Å². The van der Waals surface area contributed by atoms with E-state index < -0.39 is 0 Å².